The first-order valence-electron chi connectivity index (χ1n) is 3.98. The average molecular weight is 191 g/mol. The van der Waals surface area contributed by atoms with Gasteiger partial charge in [0.2, 0.25) is 5.82 Å². The minimum Gasteiger partial charge on any atom is -0.496 e. The van der Waals surface area contributed by atoms with E-state index in [9.17, 15) is 0 Å². The third kappa shape index (κ3) is 1.37. The molecule has 6 nitrogen and oxygen atoms in total. The number of nitrogens with two attached hydrogens (primary N) is 1. The number of H-pyrrole nitrogens is 1. The van der Waals surface area contributed by atoms with Crippen LogP contribution in [0.15, 0.2) is 18.2 Å². The van der Waals surface area contributed by atoms with E-state index in [1.54, 1.807) is 25.3 Å². The van der Waals surface area contributed by atoms with Crippen molar-refractivity contribution in [3.63, 3.8) is 0 Å². The first kappa shape index (κ1) is 8.49. The highest BCUT2D eigenvalue weighted by Crippen LogP contribution is 2.28. The molecule has 0 fully saturated rings. The zero-order valence-corrected chi connectivity index (χ0v) is 7.56. The highest BCUT2D eigenvalue weighted by molar-refractivity contribution is 5.68. The molecule has 0 atom stereocenters. The van der Waals surface area contributed by atoms with E-state index >= 15 is 0 Å². The Morgan fingerprint density at radius 1 is 1.43 bits per heavy atom. The lowest BCUT2D eigenvalue weighted by Crippen LogP contribution is -1.92. The fourth-order valence-electron chi connectivity index (χ4n) is 1.18. The lowest BCUT2D eigenvalue weighted by Gasteiger charge is -2.05. The lowest BCUT2D eigenvalue weighted by molar-refractivity contribution is 0.416. The molecule has 2 rings (SSSR count). The van der Waals surface area contributed by atoms with Crippen LogP contribution in [0, 0.1) is 0 Å². The molecule has 72 valence electrons. The summed E-state index contributed by atoms with van der Waals surface area (Å²) < 4.78 is 5.15. The van der Waals surface area contributed by atoms with Gasteiger partial charge in [-0.25, -0.2) is 0 Å². The van der Waals surface area contributed by atoms with Crippen molar-refractivity contribution in [2.75, 3.05) is 12.8 Å². The lowest BCUT2D eigenvalue weighted by atomic mass is 10.1. The number of anilines is 1. The van der Waals surface area contributed by atoms with Crippen molar-refractivity contribution in [2.24, 2.45) is 0 Å². The summed E-state index contributed by atoms with van der Waals surface area (Å²) in [5.41, 5.74) is 7.00. The standard InChI is InChI=1S/C8H9N5O/c1-14-7-3-2-5(9)4-6(7)8-10-12-13-11-8/h2-4H,9H2,1H3,(H,10,11,12,13). The monoisotopic (exact) mass is 191 g/mol. The summed E-state index contributed by atoms with van der Waals surface area (Å²) in [5, 5.41) is 13.6. The zero-order chi connectivity index (χ0) is 9.97. The quantitative estimate of drug-likeness (QED) is 0.673. The van der Waals surface area contributed by atoms with Crippen LogP contribution >= 0.6 is 0 Å². The van der Waals surface area contributed by atoms with E-state index < -0.39 is 0 Å². The SMILES string of the molecule is COc1ccc(N)cc1-c1nn[nH]n1. The van der Waals surface area contributed by atoms with Crippen molar-refractivity contribution in [1.29, 1.82) is 0 Å². The summed E-state index contributed by atoms with van der Waals surface area (Å²) in [7, 11) is 1.58. The van der Waals surface area contributed by atoms with Gasteiger partial charge in [-0.05, 0) is 23.4 Å². The largest absolute Gasteiger partial charge is 0.496 e. The van der Waals surface area contributed by atoms with Crippen molar-refractivity contribution in [1.82, 2.24) is 20.6 Å². The van der Waals surface area contributed by atoms with Crippen LogP contribution in [0.1, 0.15) is 0 Å². The zero-order valence-electron chi connectivity index (χ0n) is 7.56. The van der Waals surface area contributed by atoms with Crippen molar-refractivity contribution >= 4 is 5.69 Å². The van der Waals surface area contributed by atoms with Crippen molar-refractivity contribution in [2.45, 2.75) is 0 Å². The van der Waals surface area contributed by atoms with Crippen LogP contribution in [0.4, 0.5) is 5.69 Å². The molecule has 1 aromatic heterocycles. The average Bonchev–Trinajstić information content (AvgIpc) is 2.70. The number of aromatic amines is 1. The molecule has 0 radical (unpaired) electrons. The van der Waals surface area contributed by atoms with Gasteiger partial charge in [-0.2, -0.15) is 5.21 Å². The maximum Gasteiger partial charge on any atom is 0.208 e. The summed E-state index contributed by atoms with van der Waals surface area (Å²) in [6.45, 7) is 0. The topological polar surface area (TPSA) is 89.7 Å². The Hall–Kier alpha value is -2.11. The summed E-state index contributed by atoms with van der Waals surface area (Å²) in [4.78, 5) is 0. The maximum absolute atomic E-state index is 5.65. The van der Waals surface area contributed by atoms with Gasteiger partial charge in [0, 0.05) is 5.69 Å². The maximum atomic E-state index is 5.65. The van der Waals surface area contributed by atoms with Gasteiger partial charge in [-0.15, -0.1) is 10.2 Å². The van der Waals surface area contributed by atoms with Crippen molar-refractivity contribution in [3.05, 3.63) is 18.2 Å². The van der Waals surface area contributed by atoms with E-state index in [1.165, 1.54) is 0 Å². The number of hydrogen-bond donors (Lipinski definition) is 2. The Kier molecular flexibility index (Phi) is 2.02. The number of rotatable bonds is 2. The van der Waals surface area contributed by atoms with Gasteiger partial charge in [-0.3, -0.25) is 0 Å². The number of ether oxygens (including phenoxy) is 1. The van der Waals surface area contributed by atoms with E-state index in [1.807, 2.05) is 0 Å². The molecule has 0 aliphatic heterocycles. The summed E-state index contributed by atoms with van der Waals surface area (Å²) in [5.74, 6) is 1.13. The van der Waals surface area contributed by atoms with Crippen LogP contribution in [0.2, 0.25) is 0 Å². The molecule has 0 amide bonds. The molecular formula is C8H9N5O. The number of hydrogen-bond acceptors (Lipinski definition) is 5. The van der Waals surface area contributed by atoms with Crippen LogP contribution in [0.3, 0.4) is 0 Å². The smallest absolute Gasteiger partial charge is 0.208 e. The summed E-state index contributed by atoms with van der Waals surface area (Å²) in [6, 6.07) is 5.26. The molecule has 0 aliphatic rings. The molecule has 0 saturated carbocycles. The third-order valence-electron chi connectivity index (χ3n) is 1.81. The second kappa shape index (κ2) is 3.33. The fourth-order valence-corrected chi connectivity index (χ4v) is 1.18. The number of aromatic nitrogens is 4. The minimum atomic E-state index is 0.467. The second-order valence-electron chi connectivity index (χ2n) is 2.70. The molecule has 3 N–H and O–H groups in total. The molecule has 0 saturated heterocycles. The van der Waals surface area contributed by atoms with E-state index in [0.717, 1.165) is 5.56 Å². The molecule has 1 aromatic carbocycles. The Bertz CT molecular complexity index is 425. The second-order valence-corrected chi connectivity index (χ2v) is 2.70. The fraction of sp³-hybridized carbons (Fsp3) is 0.125. The predicted octanol–water partition coefficient (Wildman–Crippen LogP) is 0.457. The molecule has 0 bridgehead atoms. The summed E-state index contributed by atoms with van der Waals surface area (Å²) >= 11 is 0. The molecule has 2 aromatic rings. The first-order valence-corrected chi connectivity index (χ1v) is 3.98. The van der Waals surface area contributed by atoms with Gasteiger partial charge in [0.25, 0.3) is 0 Å². The highest BCUT2D eigenvalue weighted by Gasteiger charge is 2.09. The Labute approximate surface area is 80.1 Å². The van der Waals surface area contributed by atoms with Gasteiger partial charge in [-0.1, -0.05) is 0 Å². The number of nitrogens with one attached hydrogen (secondary N) is 1. The number of methoxy groups -OCH3 is 1. The van der Waals surface area contributed by atoms with Gasteiger partial charge in [0.1, 0.15) is 5.75 Å². The molecular weight excluding hydrogens is 182 g/mol. The normalized spacial score (nSPS) is 10.1. The summed E-state index contributed by atoms with van der Waals surface area (Å²) in [6.07, 6.45) is 0. The molecule has 0 unspecified atom stereocenters. The third-order valence-corrected chi connectivity index (χ3v) is 1.81. The first-order chi connectivity index (χ1) is 6.81. The van der Waals surface area contributed by atoms with Gasteiger partial charge < -0.3 is 10.5 Å². The van der Waals surface area contributed by atoms with Crippen molar-refractivity contribution < 1.29 is 4.74 Å². The van der Waals surface area contributed by atoms with Crippen molar-refractivity contribution in [3.8, 4) is 17.1 Å². The Morgan fingerprint density at radius 2 is 2.29 bits per heavy atom. The Morgan fingerprint density at radius 3 is 2.93 bits per heavy atom. The van der Waals surface area contributed by atoms with Gasteiger partial charge in [0.05, 0.1) is 12.7 Å². The van der Waals surface area contributed by atoms with Crippen LogP contribution in [-0.4, -0.2) is 27.7 Å². The molecule has 0 aliphatic carbocycles. The molecule has 6 heteroatoms. The van der Waals surface area contributed by atoms with E-state index in [0.29, 0.717) is 17.3 Å². The van der Waals surface area contributed by atoms with Crippen LogP contribution in [-0.2, 0) is 0 Å². The number of tetrazole rings is 1. The highest BCUT2D eigenvalue weighted by atomic mass is 16.5. The molecule has 0 spiro atoms. The number of nitrogen functional groups attached to an aromatic ring is 1. The number of benzene rings is 1. The molecule has 1 heterocycles. The van der Waals surface area contributed by atoms with Gasteiger partial charge >= 0.3 is 0 Å². The van der Waals surface area contributed by atoms with Crippen LogP contribution < -0.4 is 10.5 Å². The van der Waals surface area contributed by atoms with E-state index in [-0.39, 0.29) is 0 Å². The molecule has 14 heavy (non-hydrogen) atoms. The number of nitrogens with zero attached hydrogens (tertiary/aromatic N) is 3. The van der Waals surface area contributed by atoms with Gasteiger partial charge in [0.15, 0.2) is 0 Å². The predicted molar refractivity (Wildman–Crippen MR) is 50.6 cm³/mol. The van der Waals surface area contributed by atoms with Crippen LogP contribution in [0.25, 0.3) is 11.4 Å². The van der Waals surface area contributed by atoms with E-state index in [2.05, 4.69) is 20.6 Å². The van der Waals surface area contributed by atoms with Crippen LogP contribution in [0.5, 0.6) is 5.75 Å². The minimum absolute atomic E-state index is 0.467. The van der Waals surface area contributed by atoms with E-state index in [4.69, 9.17) is 10.5 Å². The Balaban J connectivity index is 2.55.